The number of likely N-dealkylation sites (tertiary alicyclic amines) is 1. The Kier molecular flexibility index (Phi) is 6.30. The van der Waals surface area contributed by atoms with Crippen LogP contribution < -0.4 is 5.32 Å². The molecule has 0 saturated carbocycles. The topological polar surface area (TPSA) is 75.2 Å². The molecule has 0 radical (unpaired) electrons. The van der Waals surface area contributed by atoms with Gasteiger partial charge in [0.25, 0.3) is 11.8 Å². The maximum atomic E-state index is 13.2. The fraction of sp³-hybridized carbons (Fsp3) is 0.308. The number of nitrogens with one attached hydrogen (secondary N) is 1. The number of carbonyl (C=O) groups excluding carboxylic acids is 2. The molecule has 1 aliphatic rings. The molecule has 0 spiro atoms. The van der Waals surface area contributed by atoms with Crippen molar-refractivity contribution in [2.24, 2.45) is 0 Å². The zero-order chi connectivity index (χ0) is 22.7. The SMILES string of the molecule is Cc1ccc(-c2cc(C(=O)NC(C)c3ccc(C)nc3)cc(C(=O)N3CCCC3)c2)nc1. The summed E-state index contributed by atoms with van der Waals surface area (Å²) in [7, 11) is 0. The van der Waals surface area contributed by atoms with Crippen LogP contribution in [0, 0.1) is 13.8 Å². The van der Waals surface area contributed by atoms with E-state index >= 15 is 0 Å². The monoisotopic (exact) mass is 428 g/mol. The predicted molar refractivity (Wildman–Crippen MR) is 124 cm³/mol. The Hall–Kier alpha value is -3.54. The molecule has 32 heavy (non-hydrogen) atoms. The Morgan fingerprint density at radius 2 is 1.69 bits per heavy atom. The molecule has 2 amide bonds. The quantitative estimate of drug-likeness (QED) is 0.650. The number of aryl methyl sites for hydroxylation is 2. The Balaban J connectivity index is 1.66. The number of amides is 2. The van der Waals surface area contributed by atoms with Crippen LogP contribution in [0.3, 0.4) is 0 Å². The van der Waals surface area contributed by atoms with Gasteiger partial charge in [-0.25, -0.2) is 0 Å². The molecule has 1 aromatic carbocycles. The molecule has 164 valence electrons. The number of pyridine rings is 2. The van der Waals surface area contributed by atoms with Crippen molar-refractivity contribution in [2.45, 2.75) is 39.7 Å². The average Bonchev–Trinajstić information content (AvgIpc) is 3.34. The number of benzene rings is 1. The van der Waals surface area contributed by atoms with E-state index in [0.29, 0.717) is 11.1 Å². The number of rotatable bonds is 5. The van der Waals surface area contributed by atoms with Crippen LogP contribution in [0.1, 0.15) is 63.3 Å². The molecule has 1 N–H and O–H groups in total. The van der Waals surface area contributed by atoms with Gasteiger partial charge in [0.15, 0.2) is 0 Å². The molecule has 1 unspecified atom stereocenters. The minimum Gasteiger partial charge on any atom is -0.345 e. The van der Waals surface area contributed by atoms with Crippen LogP contribution in [-0.4, -0.2) is 39.8 Å². The lowest BCUT2D eigenvalue weighted by Crippen LogP contribution is -2.29. The summed E-state index contributed by atoms with van der Waals surface area (Å²) in [5.74, 6) is -0.274. The third-order valence-corrected chi connectivity index (χ3v) is 5.82. The Morgan fingerprint density at radius 3 is 2.34 bits per heavy atom. The van der Waals surface area contributed by atoms with Crippen LogP contribution in [0.4, 0.5) is 0 Å². The van der Waals surface area contributed by atoms with Crippen molar-refractivity contribution in [3.8, 4) is 11.3 Å². The summed E-state index contributed by atoms with van der Waals surface area (Å²) >= 11 is 0. The summed E-state index contributed by atoms with van der Waals surface area (Å²) in [6.07, 6.45) is 5.59. The van der Waals surface area contributed by atoms with E-state index < -0.39 is 0 Å². The maximum Gasteiger partial charge on any atom is 0.253 e. The van der Waals surface area contributed by atoms with E-state index in [1.165, 1.54) is 0 Å². The zero-order valence-corrected chi connectivity index (χ0v) is 18.8. The first-order valence-corrected chi connectivity index (χ1v) is 11.0. The number of carbonyl (C=O) groups is 2. The molecule has 0 bridgehead atoms. The van der Waals surface area contributed by atoms with E-state index in [9.17, 15) is 9.59 Å². The third kappa shape index (κ3) is 4.85. The van der Waals surface area contributed by atoms with Gasteiger partial charge in [-0.2, -0.15) is 0 Å². The lowest BCUT2D eigenvalue weighted by Gasteiger charge is -2.18. The smallest absolute Gasteiger partial charge is 0.253 e. The highest BCUT2D eigenvalue weighted by Gasteiger charge is 2.22. The van der Waals surface area contributed by atoms with Crippen molar-refractivity contribution in [3.05, 3.63) is 82.8 Å². The predicted octanol–water partition coefficient (Wildman–Crippen LogP) is 4.49. The molecule has 3 heterocycles. The second-order valence-electron chi connectivity index (χ2n) is 8.45. The molecule has 3 aromatic rings. The standard InChI is InChI=1S/C26H28N4O2/c1-17-6-9-24(28-15-17)21-12-22(14-23(13-21)26(32)30-10-4-5-11-30)25(31)29-19(3)20-8-7-18(2)27-16-20/h6-9,12-16,19H,4-5,10-11H2,1-3H3,(H,29,31). The summed E-state index contributed by atoms with van der Waals surface area (Å²) in [4.78, 5) is 36.9. The van der Waals surface area contributed by atoms with Gasteiger partial charge in [-0.15, -0.1) is 0 Å². The highest BCUT2D eigenvalue weighted by atomic mass is 16.2. The van der Waals surface area contributed by atoms with Crippen LogP contribution >= 0.6 is 0 Å². The molecule has 1 aliphatic heterocycles. The molecule has 1 atom stereocenters. The van der Waals surface area contributed by atoms with E-state index in [-0.39, 0.29) is 17.9 Å². The van der Waals surface area contributed by atoms with Crippen molar-refractivity contribution >= 4 is 11.8 Å². The Labute approximate surface area is 188 Å². The number of aromatic nitrogens is 2. The lowest BCUT2D eigenvalue weighted by atomic mass is 10.0. The van der Waals surface area contributed by atoms with Crippen LogP contribution in [0.2, 0.25) is 0 Å². The molecule has 0 aliphatic carbocycles. The van der Waals surface area contributed by atoms with E-state index in [1.807, 2.05) is 56.0 Å². The summed E-state index contributed by atoms with van der Waals surface area (Å²) in [6, 6.07) is 12.9. The average molecular weight is 429 g/mol. The first kappa shape index (κ1) is 21.7. The zero-order valence-electron chi connectivity index (χ0n) is 18.8. The number of hydrogen-bond donors (Lipinski definition) is 1. The minimum atomic E-state index is -0.234. The fourth-order valence-electron chi connectivity index (χ4n) is 3.87. The van der Waals surface area contributed by atoms with Gasteiger partial charge in [0.05, 0.1) is 11.7 Å². The summed E-state index contributed by atoms with van der Waals surface area (Å²) in [6.45, 7) is 7.34. The Bertz CT molecular complexity index is 1120. The van der Waals surface area contributed by atoms with Crippen LogP contribution in [0.5, 0.6) is 0 Å². The normalized spacial score (nSPS) is 14.3. The van der Waals surface area contributed by atoms with Gasteiger partial charge in [-0.1, -0.05) is 12.1 Å². The lowest BCUT2D eigenvalue weighted by molar-refractivity contribution is 0.0793. The van der Waals surface area contributed by atoms with Gasteiger partial charge in [-0.05, 0) is 75.1 Å². The van der Waals surface area contributed by atoms with Crippen molar-refractivity contribution < 1.29 is 9.59 Å². The molecular formula is C26H28N4O2. The molecule has 1 fully saturated rings. The fourth-order valence-corrected chi connectivity index (χ4v) is 3.87. The molecule has 6 heteroatoms. The summed E-state index contributed by atoms with van der Waals surface area (Å²) < 4.78 is 0. The second kappa shape index (κ2) is 9.30. The van der Waals surface area contributed by atoms with Gasteiger partial charge in [0.1, 0.15) is 0 Å². The van der Waals surface area contributed by atoms with Crippen LogP contribution in [-0.2, 0) is 0 Å². The molecular weight excluding hydrogens is 400 g/mol. The van der Waals surface area contributed by atoms with Crippen molar-refractivity contribution in [3.63, 3.8) is 0 Å². The largest absolute Gasteiger partial charge is 0.345 e. The van der Waals surface area contributed by atoms with Crippen LogP contribution in [0.25, 0.3) is 11.3 Å². The molecule has 2 aromatic heterocycles. The van der Waals surface area contributed by atoms with Gasteiger partial charge in [0, 0.05) is 47.9 Å². The van der Waals surface area contributed by atoms with E-state index in [0.717, 1.165) is 54.0 Å². The highest BCUT2D eigenvalue weighted by molar-refractivity contribution is 6.01. The van der Waals surface area contributed by atoms with E-state index in [1.54, 1.807) is 24.5 Å². The van der Waals surface area contributed by atoms with E-state index in [4.69, 9.17) is 0 Å². The van der Waals surface area contributed by atoms with Crippen molar-refractivity contribution in [1.29, 1.82) is 0 Å². The number of hydrogen-bond acceptors (Lipinski definition) is 4. The Morgan fingerprint density at radius 1 is 0.938 bits per heavy atom. The highest BCUT2D eigenvalue weighted by Crippen LogP contribution is 2.24. The van der Waals surface area contributed by atoms with E-state index in [2.05, 4.69) is 15.3 Å². The van der Waals surface area contributed by atoms with Crippen molar-refractivity contribution in [2.75, 3.05) is 13.1 Å². The summed E-state index contributed by atoms with van der Waals surface area (Å²) in [5, 5.41) is 3.03. The van der Waals surface area contributed by atoms with Gasteiger partial charge in [-0.3, -0.25) is 19.6 Å². The van der Waals surface area contributed by atoms with Crippen LogP contribution in [0.15, 0.2) is 54.9 Å². The summed E-state index contributed by atoms with van der Waals surface area (Å²) in [5.41, 5.74) is 5.35. The molecule has 6 nitrogen and oxygen atoms in total. The van der Waals surface area contributed by atoms with Gasteiger partial charge < -0.3 is 10.2 Å². The van der Waals surface area contributed by atoms with Gasteiger partial charge >= 0.3 is 0 Å². The minimum absolute atomic E-state index is 0.0405. The second-order valence-corrected chi connectivity index (χ2v) is 8.45. The van der Waals surface area contributed by atoms with Crippen molar-refractivity contribution in [1.82, 2.24) is 20.2 Å². The first-order chi connectivity index (χ1) is 15.4. The molecule has 4 rings (SSSR count). The number of nitrogens with zero attached hydrogens (tertiary/aromatic N) is 3. The molecule has 1 saturated heterocycles. The van der Waals surface area contributed by atoms with Gasteiger partial charge in [0.2, 0.25) is 0 Å². The first-order valence-electron chi connectivity index (χ1n) is 11.0. The third-order valence-electron chi connectivity index (χ3n) is 5.82. The maximum absolute atomic E-state index is 13.2.